The van der Waals surface area contributed by atoms with Crippen LogP contribution in [-0.4, -0.2) is 22.4 Å². The van der Waals surface area contributed by atoms with E-state index < -0.39 is 17.8 Å². The lowest BCUT2D eigenvalue weighted by Gasteiger charge is -2.15. The van der Waals surface area contributed by atoms with Crippen molar-refractivity contribution in [1.29, 1.82) is 0 Å². The van der Waals surface area contributed by atoms with Crippen molar-refractivity contribution in [3.05, 3.63) is 52.7 Å². The number of ether oxygens (including phenoxy) is 1. The molecule has 2 rings (SSSR count). The van der Waals surface area contributed by atoms with Crippen LogP contribution < -0.4 is 4.74 Å². The Labute approximate surface area is 119 Å². The third kappa shape index (κ3) is 3.30. The van der Waals surface area contributed by atoms with Crippen LogP contribution in [0.25, 0.3) is 0 Å². The first-order chi connectivity index (χ1) is 9.82. The number of methoxy groups -OCH3 is 1. The lowest BCUT2D eigenvalue weighted by molar-refractivity contribution is -0.137. The van der Waals surface area contributed by atoms with Gasteiger partial charge >= 0.3 is 6.18 Å². The quantitative estimate of drug-likeness (QED) is 0.946. The van der Waals surface area contributed by atoms with Crippen LogP contribution in [0, 0.1) is 6.92 Å². The van der Waals surface area contributed by atoms with Gasteiger partial charge in [0, 0.05) is 6.07 Å². The molecule has 1 unspecified atom stereocenters. The van der Waals surface area contributed by atoms with E-state index in [0.29, 0.717) is 11.1 Å². The van der Waals surface area contributed by atoms with Crippen molar-refractivity contribution >= 4 is 0 Å². The number of rotatable bonds is 3. The van der Waals surface area contributed by atoms with Crippen LogP contribution in [0.2, 0.25) is 0 Å². The molecule has 0 aliphatic heterocycles. The fourth-order valence-corrected chi connectivity index (χ4v) is 1.90. The number of hydrogen-bond donors (Lipinski definition) is 1. The van der Waals surface area contributed by atoms with Crippen molar-refractivity contribution in [2.24, 2.45) is 0 Å². The molecule has 0 saturated carbocycles. The molecule has 0 aliphatic carbocycles. The smallest absolute Gasteiger partial charge is 0.416 e. The molecule has 0 bridgehead atoms. The highest BCUT2D eigenvalue weighted by molar-refractivity contribution is 5.37. The SMILES string of the molecule is COc1ccc(C(O)c2ccc(C(F)(F)F)cc2C)nn1. The van der Waals surface area contributed by atoms with Crippen molar-refractivity contribution < 1.29 is 23.0 Å². The van der Waals surface area contributed by atoms with Crippen molar-refractivity contribution in [1.82, 2.24) is 10.2 Å². The molecule has 1 atom stereocenters. The minimum absolute atomic E-state index is 0.235. The Kier molecular flexibility index (Phi) is 4.13. The lowest BCUT2D eigenvalue weighted by Crippen LogP contribution is -2.09. The number of alkyl halides is 3. The average Bonchev–Trinajstić information content (AvgIpc) is 2.45. The number of nitrogens with zero attached hydrogens (tertiary/aromatic N) is 2. The summed E-state index contributed by atoms with van der Waals surface area (Å²) in [5, 5.41) is 17.7. The molecule has 1 aromatic heterocycles. The van der Waals surface area contributed by atoms with Crippen LogP contribution in [0.5, 0.6) is 5.88 Å². The van der Waals surface area contributed by atoms with E-state index in [1.165, 1.54) is 32.2 Å². The van der Waals surface area contributed by atoms with Gasteiger partial charge in [0.1, 0.15) is 6.10 Å². The zero-order valence-corrected chi connectivity index (χ0v) is 11.3. The van der Waals surface area contributed by atoms with Crippen LogP contribution in [0.15, 0.2) is 30.3 Å². The minimum Gasteiger partial charge on any atom is -0.480 e. The minimum atomic E-state index is -4.41. The number of halogens is 3. The molecule has 4 nitrogen and oxygen atoms in total. The molecule has 0 amide bonds. The number of aliphatic hydroxyl groups is 1. The van der Waals surface area contributed by atoms with Gasteiger partial charge in [0.2, 0.25) is 5.88 Å². The van der Waals surface area contributed by atoms with Gasteiger partial charge in [0.05, 0.1) is 18.4 Å². The first kappa shape index (κ1) is 15.2. The highest BCUT2D eigenvalue weighted by atomic mass is 19.4. The number of benzene rings is 1. The van der Waals surface area contributed by atoms with Crippen LogP contribution >= 0.6 is 0 Å². The maximum atomic E-state index is 12.6. The largest absolute Gasteiger partial charge is 0.480 e. The molecule has 0 aliphatic rings. The van der Waals surface area contributed by atoms with Crippen LogP contribution in [-0.2, 0) is 6.18 Å². The zero-order chi connectivity index (χ0) is 15.6. The van der Waals surface area contributed by atoms with Crippen molar-refractivity contribution in [2.75, 3.05) is 7.11 Å². The van der Waals surface area contributed by atoms with E-state index in [0.717, 1.165) is 12.1 Å². The Balaban J connectivity index is 2.32. The van der Waals surface area contributed by atoms with E-state index in [1.54, 1.807) is 0 Å². The summed E-state index contributed by atoms with van der Waals surface area (Å²) < 4.78 is 42.7. The molecule has 1 heterocycles. The van der Waals surface area contributed by atoms with E-state index in [2.05, 4.69) is 10.2 Å². The van der Waals surface area contributed by atoms with E-state index >= 15 is 0 Å². The molecular weight excluding hydrogens is 285 g/mol. The van der Waals surface area contributed by atoms with Crippen LogP contribution in [0.3, 0.4) is 0 Å². The molecule has 21 heavy (non-hydrogen) atoms. The summed E-state index contributed by atoms with van der Waals surface area (Å²) >= 11 is 0. The van der Waals surface area contributed by atoms with Gasteiger partial charge in [-0.25, -0.2) is 0 Å². The maximum Gasteiger partial charge on any atom is 0.416 e. The summed E-state index contributed by atoms with van der Waals surface area (Å²) in [7, 11) is 1.43. The standard InChI is InChI=1S/C14H13F3N2O2/c1-8-7-9(14(15,16)17)3-4-10(8)13(20)11-5-6-12(21-2)19-18-11/h3-7,13,20H,1-2H3. The molecule has 1 N–H and O–H groups in total. The molecule has 0 spiro atoms. The number of hydrogen-bond acceptors (Lipinski definition) is 4. The summed E-state index contributed by atoms with van der Waals surface area (Å²) in [6.45, 7) is 1.50. The van der Waals surface area contributed by atoms with Gasteiger partial charge in [-0.15, -0.1) is 10.2 Å². The Morgan fingerprint density at radius 2 is 1.86 bits per heavy atom. The first-order valence-electron chi connectivity index (χ1n) is 6.06. The van der Waals surface area contributed by atoms with E-state index in [9.17, 15) is 18.3 Å². The Bertz CT molecular complexity index is 627. The summed E-state index contributed by atoms with van der Waals surface area (Å²) in [5.74, 6) is 0.287. The van der Waals surface area contributed by atoms with Crippen molar-refractivity contribution in [2.45, 2.75) is 19.2 Å². The lowest BCUT2D eigenvalue weighted by atomic mass is 9.98. The number of aliphatic hydroxyl groups excluding tert-OH is 1. The predicted molar refractivity (Wildman–Crippen MR) is 68.8 cm³/mol. The van der Waals surface area contributed by atoms with Crippen LogP contribution in [0.1, 0.15) is 28.5 Å². The van der Waals surface area contributed by atoms with Gasteiger partial charge in [0.15, 0.2) is 0 Å². The normalized spacial score (nSPS) is 13.0. The second-order valence-corrected chi connectivity index (χ2v) is 4.47. The Morgan fingerprint density at radius 1 is 1.14 bits per heavy atom. The summed E-state index contributed by atoms with van der Waals surface area (Å²) in [6, 6.07) is 6.20. The van der Waals surface area contributed by atoms with E-state index in [-0.39, 0.29) is 11.6 Å². The Hall–Kier alpha value is -2.15. The topological polar surface area (TPSA) is 55.2 Å². The highest BCUT2D eigenvalue weighted by Gasteiger charge is 2.31. The second-order valence-electron chi connectivity index (χ2n) is 4.47. The van der Waals surface area contributed by atoms with Gasteiger partial charge in [-0.1, -0.05) is 6.07 Å². The zero-order valence-electron chi connectivity index (χ0n) is 11.3. The molecule has 1 aromatic carbocycles. The summed E-state index contributed by atoms with van der Waals surface area (Å²) in [6.07, 6.45) is -5.56. The van der Waals surface area contributed by atoms with E-state index in [4.69, 9.17) is 4.74 Å². The first-order valence-corrected chi connectivity index (χ1v) is 6.06. The third-order valence-electron chi connectivity index (χ3n) is 3.04. The monoisotopic (exact) mass is 298 g/mol. The van der Waals surface area contributed by atoms with Crippen molar-refractivity contribution in [3.63, 3.8) is 0 Å². The average molecular weight is 298 g/mol. The molecule has 0 fully saturated rings. The van der Waals surface area contributed by atoms with Crippen molar-refractivity contribution in [3.8, 4) is 5.88 Å². The third-order valence-corrected chi connectivity index (χ3v) is 3.04. The van der Waals surface area contributed by atoms with Gasteiger partial charge in [-0.2, -0.15) is 13.2 Å². The fraction of sp³-hybridized carbons (Fsp3) is 0.286. The Morgan fingerprint density at radius 3 is 2.33 bits per heavy atom. The maximum absolute atomic E-state index is 12.6. The number of aryl methyl sites for hydroxylation is 1. The molecule has 2 aromatic rings. The molecule has 112 valence electrons. The summed E-state index contributed by atoms with van der Waals surface area (Å²) in [4.78, 5) is 0. The molecule has 0 radical (unpaired) electrons. The van der Waals surface area contributed by atoms with Gasteiger partial charge in [-0.3, -0.25) is 0 Å². The predicted octanol–water partition coefficient (Wildman–Crippen LogP) is 2.89. The van der Waals surface area contributed by atoms with Crippen LogP contribution in [0.4, 0.5) is 13.2 Å². The highest BCUT2D eigenvalue weighted by Crippen LogP contribution is 2.32. The fourth-order valence-electron chi connectivity index (χ4n) is 1.90. The van der Waals surface area contributed by atoms with E-state index in [1.807, 2.05) is 0 Å². The number of aromatic nitrogens is 2. The molecule has 7 heteroatoms. The molecular formula is C14H13F3N2O2. The summed E-state index contributed by atoms with van der Waals surface area (Å²) in [5.41, 5.74) is 0.160. The van der Waals surface area contributed by atoms with Gasteiger partial charge in [0.25, 0.3) is 0 Å². The van der Waals surface area contributed by atoms with Gasteiger partial charge in [-0.05, 0) is 36.2 Å². The van der Waals surface area contributed by atoms with Gasteiger partial charge < -0.3 is 9.84 Å². The second kappa shape index (κ2) is 5.69. The molecule has 0 saturated heterocycles.